The van der Waals surface area contributed by atoms with Crippen LogP contribution in [0.1, 0.15) is 60.4 Å². The second-order valence-corrected chi connectivity index (χ2v) is 9.23. The van der Waals surface area contributed by atoms with Crippen LogP contribution in [0, 0.1) is 5.92 Å². The average Bonchev–Trinajstić information content (AvgIpc) is 3.56. The summed E-state index contributed by atoms with van der Waals surface area (Å²) >= 11 is 0. The lowest BCUT2D eigenvalue weighted by molar-refractivity contribution is 0.0945. The molecule has 1 aliphatic heterocycles. The second-order valence-electron chi connectivity index (χ2n) is 9.23. The van der Waals surface area contributed by atoms with Crippen molar-refractivity contribution in [3.63, 3.8) is 0 Å². The topological polar surface area (TPSA) is 125 Å². The Labute approximate surface area is 201 Å². The van der Waals surface area contributed by atoms with Crippen LogP contribution in [-0.4, -0.2) is 30.2 Å². The molecule has 1 saturated carbocycles. The number of nitrogens with zero attached hydrogens (tertiary/aromatic N) is 5. The molecule has 1 amide bonds. The summed E-state index contributed by atoms with van der Waals surface area (Å²) in [7, 11) is 0. The zero-order chi connectivity index (χ0) is 24.4. The van der Waals surface area contributed by atoms with Gasteiger partial charge in [0.15, 0.2) is 5.82 Å². The Balaban J connectivity index is 1.30. The third-order valence-electron chi connectivity index (χ3n) is 6.49. The van der Waals surface area contributed by atoms with Gasteiger partial charge in [0.1, 0.15) is 11.4 Å². The largest absolute Gasteiger partial charge is 0.332 e. The van der Waals surface area contributed by atoms with E-state index in [1.807, 2.05) is 12.1 Å². The number of hydrogen-bond acceptors (Lipinski definition) is 7. The van der Waals surface area contributed by atoms with Crippen LogP contribution in [0.5, 0.6) is 0 Å². The Hall–Kier alpha value is -3.82. The first-order chi connectivity index (χ1) is 17.0. The third-order valence-corrected chi connectivity index (χ3v) is 6.49. The smallest absolute Gasteiger partial charge is 0.331 e. The van der Waals surface area contributed by atoms with Crippen molar-refractivity contribution in [3.05, 3.63) is 74.6 Å². The van der Waals surface area contributed by atoms with Gasteiger partial charge < -0.3 is 9.84 Å². The molecular formula is C25H28N6O4. The van der Waals surface area contributed by atoms with Crippen LogP contribution in [0.15, 0.2) is 50.8 Å². The molecule has 3 aromatic rings. The molecule has 10 nitrogen and oxygen atoms in total. The molecular weight excluding hydrogens is 448 g/mol. The Morgan fingerprint density at radius 3 is 2.69 bits per heavy atom. The number of aromatic nitrogens is 5. The number of amides is 1. The third kappa shape index (κ3) is 5.01. The standard InChI is InChI=1S/C25H28N6O4/c1-16-15-18-21(22(32)27-16)30(14-6-7-17-10-11-17)25(34)31(24(18)33)13-5-3-9-20-28-23(35-29-20)19-8-2-4-12-26-19/h2,4,8,12,17H,1,3,5-7,9-11,13-15H2,(H,27,32). The molecule has 5 rings (SSSR count). The molecule has 0 atom stereocenters. The van der Waals surface area contributed by atoms with Gasteiger partial charge in [0, 0.05) is 37.8 Å². The molecule has 0 aromatic carbocycles. The predicted octanol–water partition coefficient (Wildman–Crippen LogP) is 2.47. The lowest BCUT2D eigenvalue weighted by Crippen LogP contribution is -2.48. The quantitative estimate of drug-likeness (QED) is 0.446. The molecule has 1 N–H and O–H groups in total. The van der Waals surface area contributed by atoms with Crippen LogP contribution in [0.4, 0.5) is 0 Å². The molecule has 0 unspecified atom stereocenters. The van der Waals surface area contributed by atoms with E-state index in [1.165, 1.54) is 22.0 Å². The number of hydrogen-bond donors (Lipinski definition) is 1. The van der Waals surface area contributed by atoms with Crippen molar-refractivity contribution in [3.8, 4) is 11.6 Å². The molecule has 182 valence electrons. The second kappa shape index (κ2) is 9.81. The normalized spacial score (nSPS) is 15.2. The Bertz CT molecular complexity index is 1370. The van der Waals surface area contributed by atoms with Crippen molar-refractivity contribution in [2.45, 2.75) is 64.5 Å². The zero-order valence-electron chi connectivity index (χ0n) is 19.5. The van der Waals surface area contributed by atoms with Crippen LogP contribution in [0.2, 0.25) is 0 Å². The summed E-state index contributed by atoms with van der Waals surface area (Å²) in [5, 5.41) is 6.68. The summed E-state index contributed by atoms with van der Waals surface area (Å²) in [5.41, 5.74) is 0.784. The van der Waals surface area contributed by atoms with Crippen LogP contribution in [0.25, 0.3) is 11.6 Å². The molecule has 2 aliphatic rings. The Morgan fingerprint density at radius 1 is 1.09 bits per heavy atom. The Kier molecular flexibility index (Phi) is 6.43. The summed E-state index contributed by atoms with van der Waals surface area (Å²) in [6, 6.07) is 5.46. The number of rotatable bonds is 10. The van der Waals surface area contributed by atoms with Gasteiger partial charge in [0.05, 0.1) is 5.56 Å². The molecule has 0 spiro atoms. The van der Waals surface area contributed by atoms with Crippen LogP contribution in [0.3, 0.4) is 0 Å². The van der Waals surface area contributed by atoms with Crippen molar-refractivity contribution in [2.75, 3.05) is 0 Å². The first-order valence-electron chi connectivity index (χ1n) is 12.1. The number of carbonyl (C=O) groups excluding carboxylic acids is 1. The van der Waals surface area contributed by atoms with Crippen molar-refractivity contribution < 1.29 is 9.32 Å². The molecule has 3 aromatic heterocycles. The van der Waals surface area contributed by atoms with Gasteiger partial charge in [-0.1, -0.05) is 30.6 Å². The lowest BCUT2D eigenvalue weighted by Gasteiger charge is -2.23. The van der Waals surface area contributed by atoms with E-state index in [9.17, 15) is 14.4 Å². The highest BCUT2D eigenvalue weighted by Crippen LogP contribution is 2.33. The minimum absolute atomic E-state index is 0.188. The zero-order valence-corrected chi connectivity index (χ0v) is 19.5. The Morgan fingerprint density at radius 2 is 1.91 bits per heavy atom. The first-order valence-corrected chi connectivity index (χ1v) is 12.1. The SMILES string of the molecule is C=C1Cc2c(n(CCCC3CC3)c(=O)n(CCCCc3noc(-c4ccccn4)n3)c2=O)C(=O)N1. The van der Waals surface area contributed by atoms with Crippen molar-refractivity contribution in [1.29, 1.82) is 0 Å². The minimum atomic E-state index is -0.427. The summed E-state index contributed by atoms with van der Waals surface area (Å²) in [6.45, 7) is 4.50. The van der Waals surface area contributed by atoms with E-state index < -0.39 is 17.2 Å². The van der Waals surface area contributed by atoms with E-state index in [4.69, 9.17) is 4.52 Å². The molecule has 0 saturated heterocycles. The highest BCUT2D eigenvalue weighted by atomic mass is 16.5. The maximum atomic E-state index is 13.3. The summed E-state index contributed by atoms with van der Waals surface area (Å²) in [5.74, 6) is 1.21. The number of allylic oxidation sites excluding steroid dienone is 1. The van der Waals surface area contributed by atoms with Crippen molar-refractivity contribution in [2.24, 2.45) is 5.92 Å². The van der Waals surface area contributed by atoms with Gasteiger partial charge >= 0.3 is 5.69 Å². The average molecular weight is 477 g/mol. The van der Waals surface area contributed by atoms with Gasteiger partial charge in [-0.2, -0.15) is 4.98 Å². The van der Waals surface area contributed by atoms with E-state index in [1.54, 1.807) is 12.3 Å². The summed E-state index contributed by atoms with van der Waals surface area (Å²) in [4.78, 5) is 47.7. The van der Waals surface area contributed by atoms with Gasteiger partial charge in [0.25, 0.3) is 17.4 Å². The summed E-state index contributed by atoms with van der Waals surface area (Å²) in [6.07, 6.45) is 7.99. The maximum Gasteiger partial charge on any atom is 0.331 e. The molecule has 0 bridgehead atoms. The fourth-order valence-electron chi connectivity index (χ4n) is 4.50. The fourth-order valence-corrected chi connectivity index (χ4v) is 4.50. The number of pyridine rings is 1. The van der Waals surface area contributed by atoms with E-state index in [0.717, 1.165) is 18.8 Å². The molecule has 4 heterocycles. The van der Waals surface area contributed by atoms with Gasteiger partial charge in [0.2, 0.25) is 0 Å². The van der Waals surface area contributed by atoms with Gasteiger partial charge in [-0.25, -0.2) is 4.79 Å². The van der Waals surface area contributed by atoms with E-state index >= 15 is 0 Å². The molecule has 0 radical (unpaired) electrons. The number of aryl methyl sites for hydroxylation is 1. The number of nitrogens with one attached hydrogen (secondary N) is 1. The molecule has 1 aliphatic carbocycles. The summed E-state index contributed by atoms with van der Waals surface area (Å²) < 4.78 is 8.03. The van der Waals surface area contributed by atoms with Crippen LogP contribution in [-0.2, 0) is 25.9 Å². The predicted molar refractivity (Wildman–Crippen MR) is 128 cm³/mol. The molecule has 35 heavy (non-hydrogen) atoms. The monoisotopic (exact) mass is 476 g/mol. The number of fused-ring (bicyclic) bond motifs is 1. The van der Waals surface area contributed by atoms with E-state index in [2.05, 4.69) is 27.0 Å². The van der Waals surface area contributed by atoms with Crippen molar-refractivity contribution >= 4 is 5.91 Å². The highest BCUT2D eigenvalue weighted by molar-refractivity contribution is 5.96. The van der Waals surface area contributed by atoms with Gasteiger partial charge in [-0.05, 0) is 43.7 Å². The van der Waals surface area contributed by atoms with Crippen LogP contribution >= 0.6 is 0 Å². The van der Waals surface area contributed by atoms with Crippen molar-refractivity contribution in [1.82, 2.24) is 29.6 Å². The van der Waals surface area contributed by atoms with Gasteiger partial charge in [-0.15, -0.1) is 0 Å². The molecule has 10 heteroatoms. The number of carbonyl (C=O) groups is 1. The van der Waals surface area contributed by atoms with Crippen LogP contribution < -0.4 is 16.6 Å². The van der Waals surface area contributed by atoms with E-state index in [0.29, 0.717) is 54.5 Å². The lowest BCUT2D eigenvalue weighted by atomic mass is 10.0. The number of unbranched alkanes of at least 4 members (excludes halogenated alkanes) is 1. The highest BCUT2D eigenvalue weighted by Gasteiger charge is 2.29. The minimum Gasteiger partial charge on any atom is -0.332 e. The maximum absolute atomic E-state index is 13.3. The van der Waals surface area contributed by atoms with Gasteiger partial charge in [-0.3, -0.25) is 23.7 Å². The first kappa shape index (κ1) is 22.9. The molecule has 1 fully saturated rings. The van der Waals surface area contributed by atoms with E-state index in [-0.39, 0.29) is 18.7 Å². The fraction of sp³-hybridized carbons (Fsp3) is 0.440.